The SMILES string of the molecule is CCCCC/C=C\C/C=C\C/C=C\C(CCCCCCCC(=O)NC(CCCN)C(=O)O)OC(=O)CCCCCCCCCCC/C=C\C/C=C\CCCCCCC. The van der Waals surface area contributed by atoms with Crippen LogP contribution in [-0.4, -0.2) is 41.6 Å². The third kappa shape index (κ3) is 41.2. The Kier molecular flexibility index (Phi) is 42.9. The summed E-state index contributed by atoms with van der Waals surface area (Å²) >= 11 is 0. The number of hydrogen-bond acceptors (Lipinski definition) is 5. The molecule has 0 rings (SSSR count). The Bertz CT molecular complexity index is 1090. The molecule has 2 atom stereocenters. The molecule has 4 N–H and O–H groups in total. The second-order valence-corrected chi connectivity index (χ2v) is 16.2. The zero-order valence-corrected chi connectivity index (χ0v) is 37.6. The van der Waals surface area contributed by atoms with Crippen molar-refractivity contribution in [3.63, 3.8) is 0 Å². The summed E-state index contributed by atoms with van der Waals surface area (Å²) in [7, 11) is 0. The molecule has 0 saturated heterocycles. The first-order valence-corrected chi connectivity index (χ1v) is 24.1. The Morgan fingerprint density at radius 3 is 1.48 bits per heavy atom. The molecule has 1 amide bonds. The lowest BCUT2D eigenvalue weighted by Gasteiger charge is -2.15. The molecule has 0 radical (unpaired) electrons. The van der Waals surface area contributed by atoms with E-state index in [1.54, 1.807) is 0 Å². The quantitative estimate of drug-likeness (QED) is 0.0321. The highest BCUT2D eigenvalue weighted by atomic mass is 16.5. The van der Waals surface area contributed by atoms with Crippen LogP contribution in [0.1, 0.15) is 226 Å². The number of amides is 1. The smallest absolute Gasteiger partial charge is 0.326 e. The minimum atomic E-state index is -1.01. The molecule has 0 aromatic carbocycles. The van der Waals surface area contributed by atoms with Crippen LogP contribution in [0.15, 0.2) is 60.8 Å². The van der Waals surface area contributed by atoms with Gasteiger partial charge in [-0.3, -0.25) is 9.59 Å². The van der Waals surface area contributed by atoms with Crippen LogP contribution in [0, 0.1) is 0 Å². The summed E-state index contributed by atoms with van der Waals surface area (Å²) in [5, 5.41) is 11.9. The van der Waals surface area contributed by atoms with E-state index in [0.29, 0.717) is 32.2 Å². The van der Waals surface area contributed by atoms with Crippen LogP contribution in [0.3, 0.4) is 0 Å². The number of carboxylic acid groups (broad SMARTS) is 1. The Morgan fingerprint density at radius 1 is 0.517 bits per heavy atom. The molecule has 0 aliphatic carbocycles. The van der Waals surface area contributed by atoms with Gasteiger partial charge in [0.15, 0.2) is 0 Å². The van der Waals surface area contributed by atoms with E-state index in [-0.39, 0.29) is 18.0 Å². The lowest BCUT2D eigenvalue weighted by Crippen LogP contribution is -2.40. The second kappa shape index (κ2) is 45.2. The van der Waals surface area contributed by atoms with Gasteiger partial charge in [-0.2, -0.15) is 0 Å². The number of carbonyl (C=O) groups excluding carboxylic acids is 2. The summed E-state index contributed by atoms with van der Waals surface area (Å²) in [4.78, 5) is 36.4. The first-order chi connectivity index (χ1) is 28.4. The Labute approximate surface area is 357 Å². The van der Waals surface area contributed by atoms with Crippen LogP contribution in [0.5, 0.6) is 0 Å². The van der Waals surface area contributed by atoms with Crippen molar-refractivity contribution in [2.75, 3.05) is 6.54 Å². The molecule has 0 aliphatic heterocycles. The molecule has 0 saturated carbocycles. The molecule has 334 valence electrons. The zero-order chi connectivity index (χ0) is 42.4. The van der Waals surface area contributed by atoms with E-state index in [4.69, 9.17) is 10.5 Å². The molecule has 0 bridgehead atoms. The van der Waals surface area contributed by atoms with Gasteiger partial charge in [0, 0.05) is 12.8 Å². The standard InChI is InChI=1S/C51H90N2O5/c1-3-5-7-9-11-13-15-16-17-18-19-20-21-22-23-24-26-28-30-35-39-45-50(55)58-47(41-36-32-29-27-25-14-12-10-8-6-4-2)42-37-33-31-34-38-44-49(54)53-48(51(56)57)43-40-46-52/h12,14-16,18-19,27,29,36,41,47-48H,3-11,13,17,20-26,28,30-35,37-40,42-46,52H2,1-2H3,(H,53,54)(H,56,57)/b14-12-,16-15-,19-18-,29-27-,41-36-. The van der Waals surface area contributed by atoms with Gasteiger partial charge in [0.05, 0.1) is 0 Å². The summed E-state index contributed by atoms with van der Waals surface area (Å²) in [6, 6.07) is -0.869. The zero-order valence-electron chi connectivity index (χ0n) is 37.6. The number of nitrogens with two attached hydrogens (primary N) is 1. The van der Waals surface area contributed by atoms with Gasteiger partial charge < -0.3 is 20.9 Å². The van der Waals surface area contributed by atoms with Gasteiger partial charge in [0.1, 0.15) is 12.1 Å². The predicted octanol–water partition coefficient (Wildman–Crippen LogP) is 14.1. The third-order valence-corrected chi connectivity index (χ3v) is 10.5. The summed E-state index contributed by atoms with van der Waals surface area (Å²) < 4.78 is 5.95. The highest BCUT2D eigenvalue weighted by molar-refractivity contribution is 5.83. The van der Waals surface area contributed by atoms with E-state index in [9.17, 15) is 19.5 Å². The summed E-state index contributed by atoms with van der Waals surface area (Å²) in [6.45, 7) is 4.90. The number of rotatable bonds is 43. The van der Waals surface area contributed by atoms with Crippen molar-refractivity contribution in [2.45, 2.75) is 238 Å². The third-order valence-electron chi connectivity index (χ3n) is 10.5. The molecule has 0 aliphatic rings. The second-order valence-electron chi connectivity index (χ2n) is 16.2. The average molecular weight is 811 g/mol. The van der Waals surface area contributed by atoms with Crippen molar-refractivity contribution in [3.05, 3.63) is 60.8 Å². The van der Waals surface area contributed by atoms with Gasteiger partial charge in [-0.1, -0.05) is 171 Å². The predicted molar refractivity (Wildman–Crippen MR) is 248 cm³/mol. The fourth-order valence-corrected chi connectivity index (χ4v) is 6.88. The molecule has 7 nitrogen and oxygen atoms in total. The fourth-order valence-electron chi connectivity index (χ4n) is 6.88. The van der Waals surface area contributed by atoms with Gasteiger partial charge in [-0.15, -0.1) is 0 Å². The van der Waals surface area contributed by atoms with Crippen molar-refractivity contribution in [1.29, 1.82) is 0 Å². The Hall–Kier alpha value is -2.93. The van der Waals surface area contributed by atoms with Crippen LogP contribution in [0.4, 0.5) is 0 Å². The molecule has 0 spiro atoms. The number of nitrogens with one attached hydrogen (secondary N) is 1. The highest BCUT2D eigenvalue weighted by Gasteiger charge is 2.19. The Morgan fingerprint density at radius 2 is 0.948 bits per heavy atom. The lowest BCUT2D eigenvalue weighted by molar-refractivity contribution is -0.147. The molecule has 0 heterocycles. The number of hydrogen-bond donors (Lipinski definition) is 3. The Balaban J connectivity index is 4.31. The molecule has 0 aromatic rings. The van der Waals surface area contributed by atoms with Gasteiger partial charge in [0.2, 0.25) is 5.91 Å². The maximum absolute atomic E-state index is 12.8. The molecule has 2 unspecified atom stereocenters. The molecular weight excluding hydrogens is 721 g/mol. The van der Waals surface area contributed by atoms with Crippen LogP contribution in [0.25, 0.3) is 0 Å². The van der Waals surface area contributed by atoms with E-state index in [0.717, 1.165) is 77.0 Å². The minimum absolute atomic E-state index is 0.0987. The monoisotopic (exact) mass is 811 g/mol. The van der Waals surface area contributed by atoms with Crippen LogP contribution in [0.2, 0.25) is 0 Å². The average Bonchev–Trinajstić information content (AvgIpc) is 3.21. The molecule has 7 heteroatoms. The van der Waals surface area contributed by atoms with E-state index in [2.05, 4.69) is 79.9 Å². The van der Waals surface area contributed by atoms with E-state index in [1.807, 2.05) is 0 Å². The summed E-state index contributed by atoms with van der Waals surface area (Å²) in [6.07, 6.45) is 57.2. The van der Waals surface area contributed by atoms with Crippen molar-refractivity contribution in [1.82, 2.24) is 5.32 Å². The van der Waals surface area contributed by atoms with Crippen LogP contribution >= 0.6 is 0 Å². The number of unbranched alkanes of at least 4 members (excludes halogenated alkanes) is 21. The molecular formula is C51H90N2O5. The number of allylic oxidation sites excluding steroid dienone is 9. The lowest BCUT2D eigenvalue weighted by atomic mass is 10.0. The molecule has 0 aromatic heterocycles. The van der Waals surface area contributed by atoms with Gasteiger partial charge in [0.25, 0.3) is 0 Å². The van der Waals surface area contributed by atoms with E-state index in [1.165, 1.54) is 109 Å². The van der Waals surface area contributed by atoms with E-state index >= 15 is 0 Å². The number of carbonyl (C=O) groups is 3. The van der Waals surface area contributed by atoms with Gasteiger partial charge >= 0.3 is 11.9 Å². The largest absolute Gasteiger partial charge is 0.480 e. The normalized spacial score (nSPS) is 13.2. The molecule has 58 heavy (non-hydrogen) atoms. The van der Waals surface area contributed by atoms with Gasteiger partial charge in [-0.05, 0) is 109 Å². The minimum Gasteiger partial charge on any atom is -0.480 e. The highest BCUT2D eigenvalue weighted by Crippen LogP contribution is 2.16. The van der Waals surface area contributed by atoms with Gasteiger partial charge in [-0.25, -0.2) is 4.79 Å². The number of ether oxygens (including phenoxy) is 1. The van der Waals surface area contributed by atoms with Crippen LogP contribution in [-0.2, 0) is 19.1 Å². The first kappa shape index (κ1) is 55.1. The fraction of sp³-hybridized carbons (Fsp3) is 0.745. The number of esters is 1. The maximum Gasteiger partial charge on any atom is 0.326 e. The van der Waals surface area contributed by atoms with Crippen LogP contribution < -0.4 is 11.1 Å². The number of carboxylic acids is 1. The molecule has 0 fully saturated rings. The topological polar surface area (TPSA) is 119 Å². The van der Waals surface area contributed by atoms with Crippen molar-refractivity contribution in [3.8, 4) is 0 Å². The first-order valence-electron chi connectivity index (χ1n) is 24.1. The maximum atomic E-state index is 12.8. The van der Waals surface area contributed by atoms with E-state index < -0.39 is 12.0 Å². The van der Waals surface area contributed by atoms with Crippen molar-refractivity contribution >= 4 is 17.8 Å². The summed E-state index contributed by atoms with van der Waals surface area (Å²) in [5.41, 5.74) is 5.49. The van der Waals surface area contributed by atoms with Crippen molar-refractivity contribution in [2.24, 2.45) is 5.73 Å². The van der Waals surface area contributed by atoms with Crippen molar-refractivity contribution < 1.29 is 24.2 Å². The number of aliphatic carboxylic acids is 1. The summed E-state index contributed by atoms with van der Waals surface area (Å²) in [5.74, 6) is -1.33.